The summed E-state index contributed by atoms with van der Waals surface area (Å²) < 4.78 is 5.38. The molecule has 0 saturated carbocycles. The van der Waals surface area contributed by atoms with E-state index in [2.05, 4.69) is 4.99 Å². The van der Waals surface area contributed by atoms with Crippen molar-refractivity contribution >= 4 is 50.1 Å². The van der Waals surface area contributed by atoms with Gasteiger partial charge >= 0.3 is 5.63 Å². The van der Waals surface area contributed by atoms with E-state index in [0.717, 1.165) is 10.8 Å². The summed E-state index contributed by atoms with van der Waals surface area (Å²) in [5.41, 5.74) is 0.0366. The maximum atomic E-state index is 12.4. The molecule has 0 aliphatic heterocycles. The molecule has 0 unspecified atom stereocenters. The molecule has 5 nitrogen and oxygen atoms in total. The van der Waals surface area contributed by atoms with Crippen LogP contribution in [0.25, 0.3) is 21.7 Å². The molecule has 0 radical (unpaired) electrons. The number of carbonyl (C=O) groups excluding carboxylic acids is 1. The number of para-hydroxylation sites is 1. The van der Waals surface area contributed by atoms with Crippen LogP contribution in [0.4, 0.5) is 5.00 Å². The van der Waals surface area contributed by atoms with Crippen LogP contribution >= 0.6 is 11.3 Å². The third kappa shape index (κ3) is 2.76. The molecule has 0 fully saturated rings. The summed E-state index contributed by atoms with van der Waals surface area (Å²) in [5, 5.41) is 14.6. The van der Waals surface area contributed by atoms with Gasteiger partial charge in [0, 0.05) is 35.2 Å². The number of thiophene rings is 1. The van der Waals surface area contributed by atoms with Crippen molar-refractivity contribution in [3.63, 3.8) is 0 Å². The first-order valence-corrected chi connectivity index (χ1v) is 9.16. The van der Waals surface area contributed by atoms with E-state index in [0.29, 0.717) is 28.8 Å². The van der Waals surface area contributed by atoms with Gasteiger partial charge in [-0.25, -0.2) is 9.79 Å². The zero-order valence-electron chi connectivity index (χ0n) is 14.4. The minimum absolute atomic E-state index is 0.0494. The predicted octanol–water partition coefficient (Wildman–Crippen LogP) is 4.91. The second kappa shape index (κ2) is 5.92. The molecule has 1 N–H and O–H groups in total. The number of aliphatic imine (C=N–C) groups is 1. The maximum Gasteiger partial charge on any atom is 0.347 e. The zero-order valence-corrected chi connectivity index (χ0v) is 15.2. The summed E-state index contributed by atoms with van der Waals surface area (Å²) in [6, 6.07) is 7.34. The number of aliphatic hydroxyl groups is 1. The highest BCUT2D eigenvalue weighted by Gasteiger charge is 2.32. The van der Waals surface area contributed by atoms with Crippen molar-refractivity contribution in [2.75, 3.05) is 0 Å². The van der Waals surface area contributed by atoms with E-state index in [9.17, 15) is 14.7 Å². The largest absolute Gasteiger partial charge is 0.511 e. The van der Waals surface area contributed by atoms with E-state index < -0.39 is 5.63 Å². The van der Waals surface area contributed by atoms with Crippen LogP contribution in [0.15, 0.2) is 55.2 Å². The fourth-order valence-corrected chi connectivity index (χ4v) is 4.24. The Morgan fingerprint density at radius 3 is 2.73 bits per heavy atom. The third-order valence-corrected chi connectivity index (χ3v) is 5.45. The summed E-state index contributed by atoms with van der Waals surface area (Å²) in [7, 11) is 0. The van der Waals surface area contributed by atoms with Crippen LogP contribution in [0, 0.1) is 5.41 Å². The fourth-order valence-electron chi connectivity index (χ4n) is 3.34. The van der Waals surface area contributed by atoms with E-state index >= 15 is 0 Å². The molecule has 132 valence electrons. The summed E-state index contributed by atoms with van der Waals surface area (Å²) >= 11 is 1.31. The topological polar surface area (TPSA) is 79.9 Å². The third-order valence-electron chi connectivity index (χ3n) is 4.56. The molecule has 6 heteroatoms. The lowest BCUT2D eigenvalue weighted by atomic mass is 9.77. The van der Waals surface area contributed by atoms with E-state index in [-0.39, 0.29) is 22.5 Å². The second-order valence-corrected chi connectivity index (χ2v) is 8.13. The number of Topliss-reactive ketones (excluding diaryl/α,β-unsaturated/α-hetero) is 1. The van der Waals surface area contributed by atoms with Gasteiger partial charge in [0.15, 0.2) is 5.78 Å². The summed E-state index contributed by atoms with van der Waals surface area (Å²) in [6.45, 7) is 3.89. The van der Waals surface area contributed by atoms with Gasteiger partial charge in [-0.05, 0) is 11.5 Å². The average molecular weight is 367 g/mol. The number of aliphatic hydroxyl groups excluding tert-OH is 1. The van der Waals surface area contributed by atoms with Gasteiger partial charge in [-0.3, -0.25) is 4.79 Å². The van der Waals surface area contributed by atoms with Gasteiger partial charge in [-0.15, -0.1) is 11.3 Å². The smallest absolute Gasteiger partial charge is 0.347 e. The first kappa shape index (κ1) is 16.7. The van der Waals surface area contributed by atoms with Crippen LogP contribution in [0.3, 0.4) is 0 Å². The molecule has 0 bridgehead atoms. The number of allylic oxidation sites excluding steroid dienone is 2. The van der Waals surface area contributed by atoms with Gasteiger partial charge < -0.3 is 9.52 Å². The van der Waals surface area contributed by atoms with Crippen LogP contribution < -0.4 is 5.63 Å². The van der Waals surface area contributed by atoms with Gasteiger partial charge in [0.2, 0.25) is 0 Å². The van der Waals surface area contributed by atoms with Crippen molar-refractivity contribution in [3.05, 3.63) is 51.4 Å². The molecule has 0 spiro atoms. The molecule has 3 aromatic rings. The lowest BCUT2D eigenvalue weighted by Gasteiger charge is -2.28. The highest BCUT2D eigenvalue weighted by molar-refractivity contribution is 7.15. The number of ketones is 1. The molecule has 1 aliphatic rings. The molecular weight excluding hydrogens is 350 g/mol. The Bertz CT molecular complexity index is 1160. The normalized spacial score (nSPS) is 17.7. The second-order valence-electron chi connectivity index (χ2n) is 7.27. The fraction of sp³-hybridized carbons (Fsp3) is 0.250. The quantitative estimate of drug-likeness (QED) is 0.515. The van der Waals surface area contributed by atoms with E-state index in [4.69, 9.17) is 4.42 Å². The Morgan fingerprint density at radius 2 is 1.96 bits per heavy atom. The van der Waals surface area contributed by atoms with Crippen LogP contribution in [0.5, 0.6) is 0 Å². The van der Waals surface area contributed by atoms with Crippen molar-refractivity contribution in [1.29, 1.82) is 0 Å². The number of rotatable bonds is 2. The first-order valence-electron chi connectivity index (χ1n) is 8.28. The molecular formula is C20H17NO4S. The highest BCUT2D eigenvalue weighted by Crippen LogP contribution is 2.37. The number of hydrogen-bond donors (Lipinski definition) is 1. The monoisotopic (exact) mass is 367 g/mol. The van der Waals surface area contributed by atoms with Gasteiger partial charge in [0.25, 0.3) is 0 Å². The lowest BCUT2D eigenvalue weighted by molar-refractivity contribution is -0.117. The van der Waals surface area contributed by atoms with Gasteiger partial charge in [0.1, 0.15) is 21.7 Å². The molecule has 0 atom stereocenters. The average Bonchev–Trinajstić information content (AvgIpc) is 2.98. The van der Waals surface area contributed by atoms with Crippen molar-refractivity contribution < 1.29 is 14.3 Å². The van der Waals surface area contributed by atoms with Crippen molar-refractivity contribution in [2.45, 2.75) is 26.7 Å². The SMILES string of the molecule is CC1(C)CC(=O)C(/C=N/c2scc3c2c(=O)oc2ccccc23)=C(O)C1. The standard InChI is InChI=1S/C20H17NO4S/c1-20(2)7-14(22)12(15(23)8-20)9-21-18-17-13(10-26-18)11-5-3-4-6-16(11)25-19(17)24/h3-6,9-10,22H,7-8H2,1-2H3/b21-9+. The Labute approximate surface area is 153 Å². The summed E-state index contributed by atoms with van der Waals surface area (Å²) in [4.78, 5) is 29.0. The van der Waals surface area contributed by atoms with E-state index in [1.807, 2.05) is 37.4 Å². The lowest BCUT2D eigenvalue weighted by Crippen LogP contribution is -2.26. The number of hydrogen-bond acceptors (Lipinski definition) is 6. The summed E-state index contributed by atoms with van der Waals surface area (Å²) in [6.07, 6.45) is 2.15. The van der Waals surface area contributed by atoms with E-state index in [1.54, 1.807) is 6.07 Å². The maximum absolute atomic E-state index is 12.4. The van der Waals surface area contributed by atoms with Crippen LogP contribution in [0.2, 0.25) is 0 Å². The number of benzene rings is 1. The Balaban J connectivity index is 1.81. The number of nitrogens with zero attached hydrogens (tertiary/aromatic N) is 1. The predicted molar refractivity (Wildman–Crippen MR) is 104 cm³/mol. The first-order chi connectivity index (χ1) is 12.4. The van der Waals surface area contributed by atoms with Crippen LogP contribution in [0.1, 0.15) is 26.7 Å². The number of fused-ring (bicyclic) bond motifs is 3. The van der Waals surface area contributed by atoms with Gasteiger partial charge in [-0.1, -0.05) is 32.0 Å². The minimum atomic E-state index is -0.457. The van der Waals surface area contributed by atoms with Crippen LogP contribution in [-0.2, 0) is 4.79 Å². The zero-order chi connectivity index (χ0) is 18.5. The highest BCUT2D eigenvalue weighted by atomic mass is 32.1. The van der Waals surface area contributed by atoms with Crippen LogP contribution in [-0.4, -0.2) is 17.1 Å². The van der Waals surface area contributed by atoms with Crippen molar-refractivity contribution in [1.82, 2.24) is 0 Å². The Kier molecular flexibility index (Phi) is 3.80. The van der Waals surface area contributed by atoms with Crippen molar-refractivity contribution in [2.24, 2.45) is 10.4 Å². The molecule has 4 rings (SSSR count). The molecule has 26 heavy (non-hydrogen) atoms. The Hall–Kier alpha value is -2.73. The molecule has 2 aromatic heterocycles. The van der Waals surface area contributed by atoms with E-state index in [1.165, 1.54) is 17.6 Å². The van der Waals surface area contributed by atoms with Gasteiger partial charge in [0.05, 0.1) is 5.57 Å². The molecule has 1 aliphatic carbocycles. The molecule has 0 saturated heterocycles. The Morgan fingerprint density at radius 1 is 1.19 bits per heavy atom. The molecule has 0 amide bonds. The van der Waals surface area contributed by atoms with Gasteiger partial charge in [-0.2, -0.15) is 0 Å². The number of carbonyl (C=O) groups is 1. The summed E-state index contributed by atoms with van der Waals surface area (Å²) in [5.74, 6) is -0.0887. The molecule has 2 heterocycles. The van der Waals surface area contributed by atoms with Crippen molar-refractivity contribution in [3.8, 4) is 0 Å². The minimum Gasteiger partial charge on any atom is -0.511 e. The molecule has 1 aromatic carbocycles.